The van der Waals surface area contributed by atoms with Gasteiger partial charge in [-0.15, -0.1) is 11.6 Å². The molecule has 1 aromatic heterocycles. The zero-order chi connectivity index (χ0) is 11.7. The molecule has 2 aromatic rings. The van der Waals surface area contributed by atoms with Crippen LogP contribution in [0.5, 0.6) is 0 Å². The lowest BCUT2D eigenvalue weighted by Crippen LogP contribution is -1.89. The quantitative estimate of drug-likeness (QED) is 0.780. The highest BCUT2D eigenvalue weighted by molar-refractivity contribution is 9.10. The molecule has 0 N–H and O–H groups in total. The highest BCUT2D eigenvalue weighted by atomic mass is 79.9. The molecule has 0 unspecified atom stereocenters. The predicted molar refractivity (Wildman–Crippen MR) is 59.1 cm³/mol. The molecule has 0 aliphatic carbocycles. The Hall–Kier alpha value is -0.940. The first kappa shape index (κ1) is 11.5. The summed E-state index contributed by atoms with van der Waals surface area (Å²) in [4.78, 5) is 0. The molecule has 0 atom stereocenters. The Balaban J connectivity index is 2.58. The minimum absolute atomic E-state index is 0.121. The minimum atomic E-state index is -0.702. The maximum absolute atomic E-state index is 13.5. The molecular weight excluding hydrogens is 303 g/mol. The predicted octanol–water partition coefficient (Wildman–Crippen LogP) is 4.12. The van der Waals surface area contributed by atoms with Crippen LogP contribution in [0, 0.1) is 11.6 Å². The average Bonchev–Trinajstić information content (AvgIpc) is 2.59. The maximum atomic E-state index is 13.5. The largest absolute Gasteiger partial charge is 0.348 e. The molecule has 0 radical (unpaired) electrons. The maximum Gasteiger partial charge on any atom is 0.206 e. The van der Waals surface area contributed by atoms with Gasteiger partial charge in [0.25, 0.3) is 0 Å². The molecule has 0 aliphatic heterocycles. The molecule has 0 spiro atoms. The van der Waals surface area contributed by atoms with Crippen molar-refractivity contribution in [3.8, 4) is 11.3 Å². The number of halogens is 4. The van der Waals surface area contributed by atoms with Gasteiger partial charge < -0.3 is 4.52 Å². The first-order chi connectivity index (χ1) is 7.63. The molecule has 0 fully saturated rings. The molecule has 84 valence electrons. The second-order valence-electron chi connectivity index (χ2n) is 3.04. The van der Waals surface area contributed by atoms with Crippen molar-refractivity contribution >= 4 is 27.5 Å². The van der Waals surface area contributed by atoms with Gasteiger partial charge in [-0.3, -0.25) is 0 Å². The third kappa shape index (κ3) is 1.97. The fourth-order valence-electron chi connectivity index (χ4n) is 1.30. The number of hydrogen-bond acceptors (Lipinski definition) is 2. The Labute approximate surface area is 103 Å². The summed E-state index contributed by atoms with van der Waals surface area (Å²) in [6.45, 7) is 0. The second-order valence-corrected chi connectivity index (χ2v) is 4.03. The summed E-state index contributed by atoms with van der Waals surface area (Å²) in [6.07, 6.45) is 0. The molecule has 1 aromatic carbocycles. The van der Waals surface area contributed by atoms with Crippen molar-refractivity contribution in [2.45, 2.75) is 5.88 Å². The van der Waals surface area contributed by atoms with E-state index in [0.29, 0.717) is 10.2 Å². The SMILES string of the molecule is Fc1ccc(-c2noc(Br)c2CCl)c(F)c1. The Morgan fingerprint density at radius 1 is 1.38 bits per heavy atom. The van der Waals surface area contributed by atoms with Gasteiger partial charge in [-0.05, 0) is 28.1 Å². The van der Waals surface area contributed by atoms with Gasteiger partial charge in [0.1, 0.15) is 17.3 Å². The standard InChI is InChI=1S/C10H5BrClF2NO/c11-10-7(4-12)9(15-16-10)6-2-1-5(13)3-8(6)14/h1-3H,4H2. The van der Waals surface area contributed by atoms with Crippen LogP contribution in [0.15, 0.2) is 27.4 Å². The van der Waals surface area contributed by atoms with Gasteiger partial charge in [0, 0.05) is 17.2 Å². The van der Waals surface area contributed by atoms with Gasteiger partial charge in [0.05, 0.1) is 5.88 Å². The lowest BCUT2D eigenvalue weighted by Gasteiger charge is -2.00. The molecular formula is C10H5BrClF2NO. The average molecular weight is 309 g/mol. The third-order valence-electron chi connectivity index (χ3n) is 2.06. The molecule has 0 aliphatic rings. The molecule has 0 bridgehead atoms. The van der Waals surface area contributed by atoms with E-state index < -0.39 is 11.6 Å². The third-order valence-corrected chi connectivity index (χ3v) is 2.95. The van der Waals surface area contributed by atoms with Crippen LogP contribution in [0.1, 0.15) is 5.56 Å². The highest BCUT2D eigenvalue weighted by Crippen LogP contribution is 2.31. The summed E-state index contributed by atoms with van der Waals surface area (Å²) in [5.41, 5.74) is 0.970. The molecule has 16 heavy (non-hydrogen) atoms. The lowest BCUT2D eigenvalue weighted by molar-refractivity contribution is 0.401. The monoisotopic (exact) mass is 307 g/mol. The zero-order valence-corrected chi connectivity index (χ0v) is 10.1. The molecule has 1 heterocycles. The normalized spacial score (nSPS) is 10.8. The van der Waals surface area contributed by atoms with Gasteiger partial charge in [-0.1, -0.05) is 5.16 Å². The molecule has 0 saturated heterocycles. The summed E-state index contributed by atoms with van der Waals surface area (Å²) in [6, 6.07) is 3.24. The van der Waals surface area contributed by atoms with Crippen molar-refractivity contribution in [2.75, 3.05) is 0 Å². The van der Waals surface area contributed by atoms with Crippen LogP contribution in [0.25, 0.3) is 11.3 Å². The fraction of sp³-hybridized carbons (Fsp3) is 0.100. The van der Waals surface area contributed by atoms with Crippen LogP contribution in [-0.4, -0.2) is 5.16 Å². The fourth-order valence-corrected chi connectivity index (χ4v) is 2.11. The summed E-state index contributed by atoms with van der Waals surface area (Å²) in [7, 11) is 0. The van der Waals surface area contributed by atoms with Crippen molar-refractivity contribution < 1.29 is 13.3 Å². The first-order valence-electron chi connectivity index (χ1n) is 4.29. The zero-order valence-electron chi connectivity index (χ0n) is 7.81. The summed E-state index contributed by atoms with van der Waals surface area (Å²) in [5, 5.41) is 3.68. The smallest absolute Gasteiger partial charge is 0.206 e. The van der Waals surface area contributed by atoms with E-state index in [0.717, 1.165) is 12.1 Å². The second kappa shape index (κ2) is 4.51. The molecule has 0 amide bonds. The molecule has 2 nitrogen and oxygen atoms in total. The Morgan fingerprint density at radius 3 is 2.75 bits per heavy atom. The number of hydrogen-bond donors (Lipinski definition) is 0. The van der Waals surface area contributed by atoms with E-state index in [1.54, 1.807) is 0 Å². The highest BCUT2D eigenvalue weighted by Gasteiger charge is 2.18. The van der Waals surface area contributed by atoms with E-state index >= 15 is 0 Å². The van der Waals surface area contributed by atoms with Crippen molar-refractivity contribution in [1.29, 1.82) is 0 Å². The van der Waals surface area contributed by atoms with E-state index in [4.69, 9.17) is 16.1 Å². The van der Waals surface area contributed by atoms with Crippen molar-refractivity contribution in [2.24, 2.45) is 0 Å². The Bertz CT molecular complexity index is 530. The number of nitrogens with zero attached hydrogens (tertiary/aromatic N) is 1. The van der Waals surface area contributed by atoms with E-state index in [1.165, 1.54) is 6.07 Å². The van der Waals surface area contributed by atoms with E-state index in [2.05, 4.69) is 21.1 Å². The number of aromatic nitrogens is 1. The summed E-state index contributed by atoms with van der Waals surface area (Å²) >= 11 is 8.79. The molecule has 6 heteroatoms. The van der Waals surface area contributed by atoms with Crippen LogP contribution in [-0.2, 0) is 5.88 Å². The van der Waals surface area contributed by atoms with E-state index in [-0.39, 0.29) is 17.1 Å². The van der Waals surface area contributed by atoms with Gasteiger partial charge in [-0.25, -0.2) is 8.78 Å². The van der Waals surface area contributed by atoms with Gasteiger partial charge >= 0.3 is 0 Å². The van der Waals surface area contributed by atoms with E-state index in [9.17, 15) is 8.78 Å². The Kier molecular flexibility index (Phi) is 3.25. The molecule has 2 rings (SSSR count). The van der Waals surface area contributed by atoms with Gasteiger partial charge in [0.2, 0.25) is 4.67 Å². The van der Waals surface area contributed by atoms with Crippen LogP contribution < -0.4 is 0 Å². The number of benzene rings is 1. The minimum Gasteiger partial charge on any atom is -0.348 e. The van der Waals surface area contributed by atoms with Crippen LogP contribution in [0.4, 0.5) is 8.78 Å². The van der Waals surface area contributed by atoms with Crippen molar-refractivity contribution in [3.05, 3.63) is 40.1 Å². The summed E-state index contributed by atoms with van der Waals surface area (Å²) < 4.78 is 31.4. The first-order valence-corrected chi connectivity index (χ1v) is 5.61. The topological polar surface area (TPSA) is 26.0 Å². The number of rotatable bonds is 2. The van der Waals surface area contributed by atoms with E-state index in [1.807, 2.05) is 0 Å². The van der Waals surface area contributed by atoms with Crippen LogP contribution in [0.3, 0.4) is 0 Å². The van der Waals surface area contributed by atoms with Crippen LogP contribution >= 0.6 is 27.5 Å². The van der Waals surface area contributed by atoms with Gasteiger partial charge in [-0.2, -0.15) is 0 Å². The number of alkyl halides is 1. The van der Waals surface area contributed by atoms with Crippen molar-refractivity contribution in [3.63, 3.8) is 0 Å². The summed E-state index contributed by atoms with van der Waals surface area (Å²) in [5.74, 6) is -1.22. The van der Waals surface area contributed by atoms with Crippen LogP contribution in [0.2, 0.25) is 0 Å². The van der Waals surface area contributed by atoms with Gasteiger partial charge in [0.15, 0.2) is 0 Å². The van der Waals surface area contributed by atoms with Crippen molar-refractivity contribution in [1.82, 2.24) is 5.16 Å². The Morgan fingerprint density at radius 2 is 2.12 bits per heavy atom. The molecule has 0 saturated carbocycles. The lowest BCUT2D eigenvalue weighted by atomic mass is 10.1.